The van der Waals surface area contributed by atoms with E-state index in [1.165, 1.54) is 14.2 Å². The third-order valence-electron chi connectivity index (χ3n) is 4.90. The Morgan fingerprint density at radius 1 is 1.00 bits per heavy atom. The molecular formula is C22H21NO7. The van der Waals surface area contributed by atoms with E-state index in [4.69, 9.17) is 14.6 Å². The molecule has 0 radical (unpaired) electrons. The van der Waals surface area contributed by atoms with Crippen molar-refractivity contribution in [3.8, 4) is 11.5 Å². The molecule has 0 saturated carbocycles. The van der Waals surface area contributed by atoms with Crippen LogP contribution in [0, 0.1) is 0 Å². The van der Waals surface area contributed by atoms with Gasteiger partial charge in [-0.1, -0.05) is 18.2 Å². The predicted molar refractivity (Wildman–Crippen MR) is 107 cm³/mol. The van der Waals surface area contributed by atoms with Crippen LogP contribution in [0.4, 0.5) is 0 Å². The molecule has 3 rings (SSSR count). The summed E-state index contributed by atoms with van der Waals surface area (Å²) in [4.78, 5) is 37.8. The summed E-state index contributed by atoms with van der Waals surface area (Å²) >= 11 is 0. The first-order valence-electron chi connectivity index (χ1n) is 9.16. The molecule has 0 spiro atoms. The van der Waals surface area contributed by atoms with E-state index < -0.39 is 23.7 Å². The van der Waals surface area contributed by atoms with Crippen LogP contribution in [0.15, 0.2) is 54.1 Å². The quantitative estimate of drug-likeness (QED) is 0.409. The third kappa shape index (κ3) is 3.84. The zero-order chi connectivity index (χ0) is 21.8. The monoisotopic (exact) mass is 411 g/mol. The van der Waals surface area contributed by atoms with Crippen molar-refractivity contribution in [2.45, 2.75) is 12.5 Å². The molecule has 2 N–H and O–H groups in total. The summed E-state index contributed by atoms with van der Waals surface area (Å²) in [6, 6.07) is 12.2. The molecule has 1 unspecified atom stereocenters. The molecule has 1 atom stereocenters. The fourth-order valence-corrected chi connectivity index (χ4v) is 3.45. The lowest BCUT2D eigenvalue weighted by Crippen LogP contribution is -2.32. The Labute approximate surface area is 173 Å². The van der Waals surface area contributed by atoms with Crippen molar-refractivity contribution in [1.29, 1.82) is 0 Å². The number of hydrogen-bond donors (Lipinski definition) is 2. The molecule has 30 heavy (non-hydrogen) atoms. The van der Waals surface area contributed by atoms with Crippen LogP contribution in [0.25, 0.3) is 5.76 Å². The van der Waals surface area contributed by atoms with E-state index in [2.05, 4.69) is 0 Å². The molecule has 1 aliphatic rings. The average Bonchev–Trinajstić information content (AvgIpc) is 3.01. The second-order valence-electron chi connectivity index (χ2n) is 6.61. The number of aliphatic hydroxyl groups is 1. The predicted octanol–water partition coefficient (Wildman–Crippen LogP) is 2.60. The van der Waals surface area contributed by atoms with Crippen molar-refractivity contribution in [2.75, 3.05) is 20.8 Å². The van der Waals surface area contributed by atoms with Gasteiger partial charge in [-0.05, 0) is 30.3 Å². The SMILES string of the molecule is COc1ccc(/C(O)=C2\C(=O)C(=O)N(CCC(=O)O)C2c2ccccc2OC)cc1. The van der Waals surface area contributed by atoms with Gasteiger partial charge in [0.1, 0.15) is 17.3 Å². The Hall–Kier alpha value is -3.81. The van der Waals surface area contributed by atoms with Crippen LogP contribution < -0.4 is 9.47 Å². The van der Waals surface area contributed by atoms with E-state index in [1.807, 2.05) is 0 Å². The van der Waals surface area contributed by atoms with Crippen molar-refractivity contribution in [3.05, 3.63) is 65.2 Å². The zero-order valence-electron chi connectivity index (χ0n) is 16.5. The van der Waals surface area contributed by atoms with Crippen LogP contribution in [0.3, 0.4) is 0 Å². The number of hydrogen-bond acceptors (Lipinski definition) is 6. The maximum atomic E-state index is 12.9. The van der Waals surface area contributed by atoms with Gasteiger partial charge in [0.05, 0.1) is 32.3 Å². The second kappa shape index (κ2) is 8.69. The molecule has 0 aromatic heterocycles. The van der Waals surface area contributed by atoms with E-state index in [1.54, 1.807) is 48.5 Å². The number of ether oxygens (including phenoxy) is 2. The lowest BCUT2D eigenvalue weighted by molar-refractivity contribution is -0.142. The summed E-state index contributed by atoms with van der Waals surface area (Å²) in [5.41, 5.74) is 0.673. The van der Waals surface area contributed by atoms with Gasteiger partial charge >= 0.3 is 5.97 Å². The molecular weight excluding hydrogens is 390 g/mol. The number of carbonyl (C=O) groups is 3. The molecule has 2 aromatic rings. The lowest BCUT2D eigenvalue weighted by Gasteiger charge is -2.26. The van der Waals surface area contributed by atoms with Gasteiger partial charge in [-0.25, -0.2) is 0 Å². The number of carbonyl (C=O) groups excluding carboxylic acids is 2. The molecule has 0 aliphatic carbocycles. The number of benzene rings is 2. The third-order valence-corrected chi connectivity index (χ3v) is 4.90. The Kier molecular flexibility index (Phi) is 6.06. The molecule has 2 aromatic carbocycles. The van der Waals surface area contributed by atoms with Crippen LogP contribution in [0.2, 0.25) is 0 Å². The highest BCUT2D eigenvalue weighted by Gasteiger charge is 2.47. The average molecular weight is 411 g/mol. The van der Waals surface area contributed by atoms with Gasteiger partial charge in [-0.2, -0.15) is 0 Å². The van der Waals surface area contributed by atoms with Crippen LogP contribution in [0.1, 0.15) is 23.6 Å². The Bertz CT molecular complexity index is 1010. The summed E-state index contributed by atoms with van der Waals surface area (Å²) in [5, 5.41) is 20.0. The van der Waals surface area contributed by atoms with Crippen molar-refractivity contribution < 1.29 is 34.1 Å². The van der Waals surface area contributed by atoms with Gasteiger partial charge in [-0.15, -0.1) is 0 Å². The van der Waals surface area contributed by atoms with E-state index >= 15 is 0 Å². The Morgan fingerprint density at radius 2 is 1.67 bits per heavy atom. The van der Waals surface area contributed by atoms with Gasteiger partial charge in [0, 0.05) is 17.7 Å². The first kappa shape index (κ1) is 20.9. The number of rotatable bonds is 7. The normalized spacial score (nSPS) is 17.8. The number of carboxylic acids is 1. The molecule has 0 bridgehead atoms. The number of likely N-dealkylation sites (tertiary alicyclic amines) is 1. The van der Waals surface area contributed by atoms with Crippen molar-refractivity contribution >= 4 is 23.4 Å². The minimum atomic E-state index is -1.11. The minimum Gasteiger partial charge on any atom is -0.507 e. The van der Waals surface area contributed by atoms with Crippen molar-refractivity contribution in [1.82, 2.24) is 4.90 Å². The molecule has 1 amide bonds. The van der Waals surface area contributed by atoms with Crippen LogP contribution in [-0.2, 0) is 14.4 Å². The van der Waals surface area contributed by atoms with Crippen LogP contribution in [0.5, 0.6) is 11.5 Å². The maximum absolute atomic E-state index is 12.9. The van der Waals surface area contributed by atoms with Gasteiger partial charge in [0.15, 0.2) is 0 Å². The molecule has 1 aliphatic heterocycles. The summed E-state index contributed by atoms with van der Waals surface area (Å²) in [6.07, 6.45) is -0.346. The van der Waals surface area contributed by atoms with Gasteiger partial charge in [-0.3, -0.25) is 14.4 Å². The van der Waals surface area contributed by atoms with E-state index in [-0.39, 0.29) is 24.3 Å². The number of para-hydroxylation sites is 1. The number of ketones is 1. The minimum absolute atomic E-state index is 0.125. The Morgan fingerprint density at radius 3 is 2.27 bits per heavy atom. The summed E-state index contributed by atoms with van der Waals surface area (Å²) in [6.45, 7) is -0.192. The van der Waals surface area contributed by atoms with E-state index in [0.29, 0.717) is 22.6 Å². The summed E-state index contributed by atoms with van der Waals surface area (Å²) in [5.74, 6) is -2.25. The summed E-state index contributed by atoms with van der Waals surface area (Å²) in [7, 11) is 2.95. The number of nitrogens with zero attached hydrogens (tertiary/aromatic N) is 1. The smallest absolute Gasteiger partial charge is 0.305 e. The number of aliphatic carboxylic acids is 1. The largest absolute Gasteiger partial charge is 0.507 e. The highest BCUT2D eigenvalue weighted by Crippen LogP contribution is 2.42. The van der Waals surface area contributed by atoms with Crippen molar-refractivity contribution in [2.24, 2.45) is 0 Å². The first-order chi connectivity index (χ1) is 14.4. The number of amides is 1. The highest BCUT2D eigenvalue weighted by molar-refractivity contribution is 6.46. The standard InChI is InChI=1S/C22H21NO7/c1-29-14-9-7-13(8-10-14)20(26)18-19(15-5-3-4-6-16(15)30-2)23(12-11-17(24)25)22(28)21(18)27/h3-10,19,26H,11-12H2,1-2H3,(H,24,25)/b20-18+. The van der Waals surface area contributed by atoms with Gasteiger partial charge in [0.25, 0.3) is 11.7 Å². The van der Waals surface area contributed by atoms with E-state index in [9.17, 15) is 19.5 Å². The number of Topliss-reactive ketones (excluding diaryl/α,β-unsaturated/α-hetero) is 1. The summed E-state index contributed by atoms with van der Waals surface area (Å²) < 4.78 is 10.5. The first-order valence-corrected chi connectivity index (χ1v) is 9.16. The molecule has 156 valence electrons. The molecule has 8 nitrogen and oxygen atoms in total. The zero-order valence-corrected chi connectivity index (χ0v) is 16.5. The molecule has 1 heterocycles. The molecule has 1 fully saturated rings. The highest BCUT2D eigenvalue weighted by atomic mass is 16.5. The van der Waals surface area contributed by atoms with Crippen LogP contribution >= 0.6 is 0 Å². The lowest BCUT2D eigenvalue weighted by atomic mass is 9.94. The fraction of sp³-hybridized carbons (Fsp3) is 0.227. The maximum Gasteiger partial charge on any atom is 0.305 e. The van der Waals surface area contributed by atoms with E-state index in [0.717, 1.165) is 4.90 Å². The number of methoxy groups -OCH3 is 2. The van der Waals surface area contributed by atoms with Gasteiger partial charge < -0.3 is 24.6 Å². The second-order valence-corrected chi connectivity index (χ2v) is 6.61. The number of carboxylic acid groups (broad SMARTS) is 1. The topological polar surface area (TPSA) is 113 Å². The fourth-order valence-electron chi connectivity index (χ4n) is 3.45. The molecule has 8 heteroatoms. The Balaban J connectivity index is 2.18. The van der Waals surface area contributed by atoms with Crippen LogP contribution in [-0.4, -0.2) is 53.5 Å². The van der Waals surface area contributed by atoms with Gasteiger partial charge in [0.2, 0.25) is 0 Å². The van der Waals surface area contributed by atoms with Crippen molar-refractivity contribution in [3.63, 3.8) is 0 Å². The molecule has 1 saturated heterocycles. The number of aliphatic hydroxyl groups excluding tert-OH is 1.